The predicted molar refractivity (Wildman–Crippen MR) is 140 cm³/mol. The molecular weight excluding hydrogens is 591 g/mol. The molecule has 1 aliphatic rings. The number of nitro benzene ring substituents is 1. The van der Waals surface area contributed by atoms with Crippen LogP contribution in [0.5, 0.6) is 5.75 Å². The molecule has 34 heavy (non-hydrogen) atoms. The number of rotatable bonds is 7. The Balaban J connectivity index is 1.45. The Hall–Kier alpha value is -2.89. The molecule has 3 aromatic rings. The van der Waals surface area contributed by atoms with Gasteiger partial charge in [0.05, 0.1) is 19.9 Å². The van der Waals surface area contributed by atoms with E-state index in [4.69, 9.17) is 16.3 Å². The second-order valence-electron chi connectivity index (χ2n) is 7.30. The van der Waals surface area contributed by atoms with Crippen molar-refractivity contribution in [3.8, 4) is 5.75 Å². The number of carbonyl (C=O) groups excluding carboxylic acids is 2. The molecule has 0 spiro atoms. The fourth-order valence-corrected chi connectivity index (χ4v) is 4.86. The smallest absolute Gasteiger partial charge is 0.293 e. The summed E-state index contributed by atoms with van der Waals surface area (Å²) in [6.45, 7) is 0.363. The summed E-state index contributed by atoms with van der Waals surface area (Å²) in [5, 5.41) is 11.2. The Morgan fingerprint density at radius 2 is 1.82 bits per heavy atom. The number of nitrogens with zero attached hydrogens (tertiary/aromatic N) is 2. The quantitative estimate of drug-likeness (QED) is 0.129. The van der Waals surface area contributed by atoms with Crippen molar-refractivity contribution in [2.45, 2.75) is 13.2 Å². The maximum absolute atomic E-state index is 12.8. The number of ether oxygens (including phenoxy) is 1. The van der Waals surface area contributed by atoms with Crippen LogP contribution in [0.2, 0.25) is 5.02 Å². The number of non-ortho nitro benzene ring substituents is 1. The van der Waals surface area contributed by atoms with Gasteiger partial charge in [0.25, 0.3) is 16.8 Å². The summed E-state index contributed by atoms with van der Waals surface area (Å²) in [5.41, 5.74) is 2.16. The standard InChI is InChI=1S/C24H16ClIN2O5S/c25-18-7-4-15(5-8-18)14-33-21-9-6-16(11-20(21)26)12-22-23(29)27(24(30)34-22)13-17-2-1-3-19(10-17)28(31)32/h1-12H,13-14H2/b22-12+. The van der Waals surface area contributed by atoms with Crippen LogP contribution in [0.3, 0.4) is 0 Å². The van der Waals surface area contributed by atoms with Gasteiger partial charge in [0.1, 0.15) is 12.4 Å². The third-order valence-electron chi connectivity index (χ3n) is 4.90. The molecular formula is C24H16ClIN2O5S. The van der Waals surface area contributed by atoms with E-state index < -0.39 is 16.1 Å². The highest BCUT2D eigenvalue weighted by Gasteiger charge is 2.35. The molecule has 0 bridgehead atoms. The van der Waals surface area contributed by atoms with Gasteiger partial charge in [-0.15, -0.1) is 0 Å². The highest BCUT2D eigenvalue weighted by atomic mass is 127. The number of amides is 2. The first-order valence-electron chi connectivity index (χ1n) is 9.95. The minimum Gasteiger partial charge on any atom is -0.488 e. The molecule has 0 unspecified atom stereocenters. The number of imide groups is 1. The summed E-state index contributed by atoms with van der Waals surface area (Å²) in [4.78, 5) is 37.1. The minimum absolute atomic E-state index is 0.0291. The molecule has 0 N–H and O–H groups in total. The summed E-state index contributed by atoms with van der Waals surface area (Å²) in [6, 6.07) is 18.8. The van der Waals surface area contributed by atoms with Gasteiger partial charge in [-0.05, 0) is 81.4 Å². The first-order valence-corrected chi connectivity index (χ1v) is 12.2. The molecule has 3 aromatic carbocycles. The van der Waals surface area contributed by atoms with E-state index in [1.54, 1.807) is 24.3 Å². The molecule has 0 radical (unpaired) electrons. The van der Waals surface area contributed by atoms with Crippen molar-refractivity contribution in [2.24, 2.45) is 0 Å². The van der Waals surface area contributed by atoms with Crippen LogP contribution in [-0.4, -0.2) is 21.0 Å². The van der Waals surface area contributed by atoms with Gasteiger partial charge in [-0.1, -0.05) is 41.9 Å². The van der Waals surface area contributed by atoms with Crippen LogP contribution in [0.25, 0.3) is 6.08 Å². The van der Waals surface area contributed by atoms with Crippen LogP contribution in [-0.2, 0) is 17.9 Å². The average Bonchev–Trinajstić information content (AvgIpc) is 3.07. The van der Waals surface area contributed by atoms with Crippen molar-refractivity contribution in [3.05, 3.63) is 107 Å². The van der Waals surface area contributed by atoms with Crippen molar-refractivity contribution < 1.29 is 19.2 Å². The number of hydrogen-bond acceptors (Lipinski definition) is 6. The number of hydrogen-bond donors (Lipinski definition) is 0. The van der Waals surface area contributed by atoms with E-state index >= 15 is 0 Å². The van der Waals surface area contributed by atoms with Crippen LogP contribution in [0.4, 0.5) is 10.5 Å². The lowest BCUT2D eigenvalue weighted by atomic mass is 10.1. The van der Waals surface area contributed by atoms with Crippen molar-refractivity contribution in [1.29, 1.82) is 0 Å². The monoisotopic (exact) mass is 606 g/mol. The van der Waals surface area contributed by atoms with Crippen molar-refractivity contribution in [3.63, 3.8) is 0 Å². The zero-order valence-corrected chi connectivity index (χ0v) is 21.2. The van der Waals surface area contributed by atoms with Crippen molar-refractivity contribution in [2.75, 3.05) is 0 Å². The molecule has 1 aliphatic heterocycles. The lowest BCUT2D eigenvalue weighted by Crippen LogP contribution is -2.27. The Labute approximate surface area is 218 Å². The number of carbonyl (C=O) groups is 2. The molecule has 0 atom stereocenters. The summed E-state index contributed by atoms with van der Waals surface area (Å²) in [6.07, 6.45) is 1.66. The Morgan fingerprint density at radius 3 is 2.53 bits per heavy atom. The molecule has 1 heterocycles. The molecule has 0 aliphatic carbocycles. The molecule has 4 rings (SSSR count). The van der Waals surface area contributed by atoms with Gasteiger partial charge in [-0.3, -0.25) is 24.6 Å². The van der Waals surface area contributed by atoms with E-state index in [0.717, 1.165) is 31.4 Å². The lowest BCUT2D eigenvalue weighted by molar-refractivity contribution is -0.384. The fraction of sp³-hybridized carbons (Fsp3) is 0.0833. The summed E-state index contributed by atoms with van der Waals surface area (Å²) < 4.78 is 6.74. The van der Waals surface area contributed by atoms with Gasteiger partial charge < -0.3 is 4.74 Å². The molecule has 1 saturated heterocycles. The first-order chi connectivity index (χ1) is 16.3. The molecule has 1 fully saturated rings. The van der Waals surface area contributed by atoms with E-state index in [-0.39, 0.29) is 12.2 Å². The second kappa shape index (κ2) is 10.6. The zero-order chi connectivity index (χ0) is 24.2. The first kappa shape index (κ1) is 24.2. The van der Waals surface area contributed by atoms with Crippen LogP contribution < -0.4 is 4.74 Å². The normalized spacial score (nSPS) is 14.6. The van der Waals surface area contributed by atoms with Crippen molar-refractivity contribution in [1.82, 2.24) is 4.90 Å². The van der Waals surface area contributed by atoms with E-state index in [9.17, 15) is 19.7 Å². The largest absolute Gasteiger partial charge is 0.488 e. The van der Waals surface area contributed by atoms with E-state index in [2.05, 4.69) is 22.6 Å². The van der Waals surface area contributed by atoms with Crippen LogP contribution >= 0.6 is 46.0 Å². The second-order valence-corrected chi connectivity index (χ2v) is 9.89. The topological polar surface area (TPSA) is 89.8 Å². The number of benzene rings is 3. The maximum atomic E-state index is 12.8. The lowest BCUT2D eigenvalue weighted by Gasteiger charge is -2.12. The molecule has 2 amide bonds. The van der Waals surface area contributed by atoms with Crippen LogP contribution in [0.15, 0.2) is 71.6 Å². The van der Waals surface area contributed by atoms with Gasteiger partial charge in [0, 0.05) is 17.2 Å². The Bertz CT molecular complexity index is 1310. The molecule has 0 saturated carbocycles. The van der Waals surface area contributed by atoms with Gasteiger partial charge in [-0.25, -0.2) is 0 Å². The van der Waals surface area contributed by atoms with E-state index in [1.165, 1.54) is 18.2 Å². The SMILES string of the molecule is O=C1S/C(=C/c2ccc(OCc3ccc(Cl)cc3)c(I)c2)C(=O)N1Cc1cccc([N+](=O)[O-])c1. The zero-order valence-electron chi connectivity index (χ0n) is 17.4. The number of halogens is 2. The number of thioether (sulfide) groups is 1. The maximum Gasteiger partial charge on any atom is 0.293 e. The van der Waals surface area contributed by atoms with E-state index in [1.807, 2.05) is 30.3 Å². The van der Waals surface area contributed by atoms with Crippen LogP contribution in [0, 0.1) is 13.7 Å². The third kappa shape index (κ3) is 5.78. The molecule has 0 aromatic heterocycles. The molecule has 7 nitrogen and oxygen atoms in total. The summed E-state index contributed by atoms with van der Waals surface area (Å²) >= 11 is 8.91. The molecule has 10 heteroatoms. The van der Waals surface area contributed by atoms with Gasteiger partial charge in [0.15, 0.2) is 0 Å². The highest BCUT2D eigenvalue weighted by Crippen LogP contribution is 2.34. The Morgan fingerprint density at radius 1 is 1.06 bits per heavy atom. The summed E-state index contributed by atoms with van der Waals surface area (Å²) in [7, 11) is 0. The predicted octanol–water partition coefficient (Wildman–Crippen LogP) is 6.67. The number of nitro groups is 1. The molecule has 172 valence electrons. The van der Waals surface area contributed by atoms with Gasteiger partial charge in [-0.2, -0.15) is 0 Å². The van der Waals surface area contributed by atoms with Gasteiger partial charge in [0.2, 0.25) is 0 Å². The van der Waals surface area contributed by atoms with Crippen molar-refractivity contribution >= 4 is 68.9 Å². The minimum atomic E-state index is -0.512. The summed E-state index contributed by atoms with van der Waals surface area (Å²) in [5.74, 6) is 0.269. The average molecular weight is 607 g/mol. The Kier molecular flexibility index (Phi) is 7.54. The fourth-order valence-electron chi connectivity index (χ4n) is 3.20. The van der Waals surface area contributed by atoms with Crippen LogP contribution in [0.1, 0.15) is 16.7 Å². The van der Waals surface area contributed by atoms with Gasteiger partial charge >= 0.3 is 0 Å². The van der Waals surface area contributed by atoms with E-state index in [0.29, 0.717) is 27.8 Å². The third-order valence-corrected chi connectivity index (χ3v) is 6.90. The highest BCUT2D eigenvalue weighted by molar-refractivity contribution is 14.1.